The molecule has 0 unspecified atom stereocenters. The van der Waals surface area contributed by atoms with Gasteiger partial charge in [-0.25, -0.2) is 4.39 Å². The van der Waals surface area contributed by atoms with Crippen LogP contribution in [0.15, 0.2) is 78.9 Å². The first kappa shape index (κ1) is 25.1. The van der Waals surface area contributed by atoms with E-state index >= 15 is 0 Å². The number of hydrogen-bond acceptors (Lipinski definition) is 3. The summed E-state index contributed by atoms with van der Waals surface area (Å²) in [5.41, 5.74) is 1.52. The second kappa shape index (κ2) is 10.7. The van der Waals surface area contributed by atoms with Crippen molar-refractivity contribution in [1.82, 2.24) is 10.2 Å². The minimum absolute atomic E-state index is 0.0773. The molecule has 1 aliphatic heterocycles. The van der Waals surface area contributed by atoms with Gasteiger partial charge in [0.2, 0.25) is 11.8 Å². The van der Waals surface area contributed by atoms with Crippen LogP contribution in [-0.2, 0) is 16.1 Å². The molecule has 0 bridgehead atoms. The fraction of sp³-hybridized carbons (Fsp3) is 0.276. The van der Waals surface area contributed by atoms with Crippen LogP contribution in [-0.4, -0.2) is 41.2 Å². The first-order valence-electron chi connectivity index (χ1n) is 12.0. The van der Waals surface area contributed by atoms with Crippen LogP contribution in [0.4, 0.5) is 10.1 Å². The predicted octanol–water partition coefficient (Wildman–Crippen LogP) is 4.48. The van der Waals surface area contributed by atoms with E-state index in [2.05, 4.69) is 5.32 Å². The number of hydrogen-bond donors (Lipinski definition) is 1. The summed E-state index contributed by atoms with van der Waals surface area (Å²) in [6, 6.07) is 22.3. The van der Waals surface area contributed by atoms with E-state index in [-0.39, 0.29) is 30.6 Å². The first-order chi connectivity index (χ1) is 17.3. The van der Waals surface area contributed by atoms with E-state index in [9.17, 15) is 18.8 Å². The number of halogens is 1. The molecule has 0 radical (unpaired) electrons. The van der Waals surface area contributed by atoms with E-state index in [0.717, 1.165) is 11.1 Å². The van der Waals surface area contributed by atoms with Crippen molar-refractivity contribution in [2.45, 2.75) is 38.8 Å². The number of amides is 3. The molecular weight excluding hydrogens is 457 g/mol. The van der Waals surface area contributed by atoms with E-state index < -0.39 is 11.4 Å². The summed E-state index contributed by atoms with van der Waals surface area (Å²) in [6.07, 6.45) is 0.504. The maximum absolute atomic E-state index is 14.0. The molecule has 1 aliphatic rings. The van der Waals surface area contributed by atoms with Gasteiger partial charge in [-0.05, 0) is 61.7 Å². The van der Waals surface area contributed by atoms with Gasteiger partial charge in [-0.3, -0.25) is 19.3 Å². The number of piperidine rings is 1. The lowest BCUT2D eigenvalue weighted by atomic mass is 9.83. The zero-order valence-corrected chi connectivity index (χ0v) is 20.5. The molecule has 3 amide bonds. The van der Waals surface area contributed by atoms with Crippen LogP contribution in [0, 0.1) is 12.7 Å². The SMILES string of the molecule is CC(=O)N1CCC(C(=O)NCc2ccccc2)(N(C(=O)c2ccc(C)cc2)c2ccc(F)cc2)CC1. The van der Waals surface area contributed by atoms with Crippen molar-refractivity contribution in [2.75, 3.05) is 18.0 Å². The number of nitrogens with zero attached hydrogens (tertiary/aromatic N) is 2. The van der Waals surface area contributed by atoms with Gasteiger partial charge in [0, 0.05) is 37.8 Å². The molecule has 0 aromatic heterocycles. The van der Waals surface area contributed by atoms with E-state index in [4.69, 9.17) is 0 Å². The van der Waals surface area contributed by atoms with Crippen LogP contribution in [0.25, 0.3) is 0 Å². The van der Waals surface area contributed by atoms with Crippen LogP contribution < -0.4 is 10.2 Å². The van der Waals surface area contributed by atoms with E-state index in [1.165, 1.54) is 36.1 Å². The standard InChI is InChI=1S/C29H30FN3O3/c1-21-8-10-24(11-9-21)27(35)33(26-14-12-25(30)13-15-26)29(16-18-32(19-17-29)22(2)34)28(36)31-20-23-6-4-3-5-7-23/h3-15H,16-20H2,1-2H3,(H,31,36). The Morgan fingerprint density at radius 3 is 2.11 bits per heavy atom. The number of likely N-dealkylation sites (tertiary alicyclic amines) is 1. The highest BCUT2D eigenvalue weighted by atomic mass is 19.1. The quantitative estimate of drug-likeness (QED) is 0.558. The number of carbonyl (C=O) groups is 3. The van der Waals surface area contributed by atoms with Crippen LogP contribution in [0.3, 0.4) is 0 Å². The Labute approximate surface area is 210 Å². The summed E-state index contributed by atoms with van der Waals surface area (Å²) in [5, 5.41) is 3.02. The van der Waals surface area contributed by atoms with Crippen LogP contribution in [0.1, 0.15) is 41.3 Å². The lowest BCUT2D eigenvalue weighted by molar-refractivity contribution is -0.135. The Kier molecular flexibility index (Phi) is 7.48. The third-order valence-electron chi connectivity index (χ3n) is 6.77. The number of rotatable bonds is 6. The molecule has 3 aromatic rings. The van der Waals surface area contributed by atoms with Crippen LogP contribution in [0.5, 0.6) is 0 Å². The molecule has 1 N–H and O–H groups in total. The monoisotopic (exact) mass is 487 g/mol. The number of anilines is 1. The lowest BCUT2D eigenvalue weighted by Crippen LogP contribution is -2.65. The van der Waals surface area contributed by atoms with E-state index in [1.807, 2.05) is 49.4 Å². The van der Waals surface area contributed by atoms with Gasteiger partial charge in [0.1, 0.15) is 11.4 Å². The second-order valence-corrected chi connectivity index (χ2v) is 9.19. The van der Waals surface area contributed by atoms with E-state index in [0.29, 0.717) is 30.9 Å². The predicted molar refractivity (Wildman–Crippen MR) is 137 cm³/mol. The largest absolute Gasteiger partial charge is 0.350 e. The summed E-state index contributed by atoms with van der Waals surface area (Å²) >= 11 is 0. The molecule has 0 saturated carbocycles. The van der Waals surface area contributed by atoms with Gasteiger partial charge in [-0.1, -0.05) is 48.0 Å². The van der Waals surface area contributed by atoms with Crippen molar-refractivity contribution in [3.05, 3.63) is 101 Å². The van der Waals surface area contributed by atoms with Crippen molar-refractivity contribution in [3.63, 3.8) is 0 Å². The zero-order valence-electron chi connectivity index (χ0n) is 20.5. The molecule has 0 spiro atoms. The average Bonchev–Trinajstić information content (AvgIpc) is 2.89. The third-order valence-corrected chi connectivity index (χ3v) is 6.77. The molecule has 7 heteroatoms. The van der Waals surface area contributed by atoms with Gasteiger partial charge in [0.15, 0.2) is 0 Å². The van der Waals surface area contributed by atoms with Crippen molar-refractivity contribution in [3.8, 4) is 0 Å². The number of carbonyl (C=O) groups excluding carboxylic acids is 3. The smallest absolute Gasteiger partial charge is 0.259 e. The number of aryl methyl sites for hydroxylation is 1. The number of nitrogens with one attached hydrogen (secondary N) is 1. The Bertz CT molecular complexity index is 1220. The molecule has 0 aliphatic carbocycles. The molecule has 3 aromatic carbocycles. The molecule has 186 valence electrons. The summed E-state index contributed by atoms with van der Waals surface area (Å²) in [4.78, 5) is 43.2. The van der Waals surface area contributed by atoms with Gasteiger partial charge in [0.05, 0.1) is 0 Å². The fourth-order valence-electron chi connectivity index (χ4n) is 4.66. The van der Waals surface area contributed by atoms with Crippen molar-refractivity contribution >= 4 is 23.4 Å². The lowest BCUT2D eigenvalue weighted by Gasteiger charge is -2.47. The highest BCUT2D eigenvalue weighted by Gasteiger charge is 2.49. The van der Waals surface area contributed by atoms with Gasteiger partial charge in [-0.15, -0.1) is 0 Å². The van der Waals surface area contributed by atoms with Crippen LogP contribution in [0.2, 0.25) is 0 Å². The van der Waals surface area contributed by atoms with Crippen molar-refractivity contribution in [2.24, 2.45) is 0 Å². The van der Waals surface area contributed by atoms with Crippen molar-refractivity contribution in [1.29, 1.82) is 0 Å². The van der Waals surface area contributed by atoms with Gasteiger partial charge in [-0.2, -0.15) is 0 Å². The zero-order chi connectivity index (χ0) is 25.7. The highest BCUT2D eigenvalue weighted by Crippen LogP contribution is 2.36. The Morgan fingerprint density at radius 2 is 1.53 bits per heavy atom. The average molecular weight is 488 g/mol. The summed E-state index contributed by atoms with van der Waals surface area (Å²) in [6.45, 7) is 4.38. The summed E-state index contributed by atoms with van der Waals surface area (Å²) in [7, 11) is 0. The Hall–Kier alpha value is -4.00. The minimum Gasteiger partial charge on any atom is -0.350 e. The highest BCUT2D eigenvalue weighted by molar-refractivity contribution is 6.11. The molecule has 36 heavy (non-hydrogen) atoms. The molecule has 0 atom stereocenters. The van der Waals surface area contributed by atoms with Gasteiger partial charge >= 0.3 is 0 Å². The van der Waals surface area contributed by atoms with E-state index in [1.54, 1.807) is 17.0 Å². The fourth-order valence-corrected chi connectivity index (χ4v) is 4.66. The summed E-state index contributed by atoms with van der Waals surface area (Å²) < 4.78 is 13.8. The topological polar surface area (TPSA) is 69.7 Å². The van der Waals surface area contributed by atoms with Crippen LogP contribution >= 0.6 is 0 Å². The second-order valence-electron chi connectivity index (χ2n) is 9.19. The van der Waals surface area contributed by atoms with Gasteiger partial charge < -0.3 is 10.2 Å². The summed E-state index contributed by atoms with van der Waals surface area (Å²) in [5.74, 6) is -1.17. The normalized spacial score (nSPS) is 14.7. The maximum atomic E-state index is 14.0. The number of benzene rings is 3. The molecule has 1 heterocycles. The van der Waals surface area contributed by atoms with Gasteiger partial charge in [0.25, 0.3) is 5.91 Å². The molecule has 4 rings (SSSR count). The molecule has 6 nitrogen and oxygen atoms in total. The molecule has 1 saturated heterocycles. The van der Waals surface area contributed by atoms with Crippen molar-refractivity contribution < 1.29 is 18.8 Å². The Morgan fingerprint density at radius 1 is 0.917 bits per heavy atom. The Balaban J connectivity index is 1.77. The minimum atomic E-state index is -1.26. The molecule has 1 fully saturated rings. The first-order valence-corrected chi connectivity index (χ1v) is 12.0. The third kappa shape index (κ3) is 5.30. The maximum Gasteiger partial charge on any atom is 0.259 e. The molecular formula is C29H30FN3O3.